The van der Waals surface area contributed by atoms with Gasteiger partial charge >= 0.3 is 0 Å². The lowest BCUT2D eigenvalue weighted by Crippen LogP contribution is -2.36. The fraction of sp³-hybridized carbons (Fsp3) is 1.00. The molecule has 16 heavy (non-hydrogen) atoms. The molecule has 2 N–H and O–H groups in total. The molecule has 0 heterocycles. The summed E-state index contributed by atoms with van der Waals surface area (Å²) in [6, 6.07) is 0. The van der Waals surface area contributed by atoms with Gasteiger partial charge in [-0.2, -0.15) is 0 Å². The Morgan fingerprint density at radius 1 is 1.06 bits per heavy atom. The van der Waals surface area contributed by atoms with E-state index in [1.807, 2.05) is 0 Å². The number of ether oxygens (including phenoxy) is 2. The lowest BCUT2D eigenvalue weighted by atomic mass is 10.2. The van der Waals surface area contributed by atoms with E-state index in [-0.39, 0.29) is 13.2 Å². The number of aliphatic hydroxyl groups is 2. The zero-order chi connectivity index (χ0) is 12.2. The first-order valence-electron chi connectivity index (χ1n) is 6.24. The molecule has 98 valence electrons. The van der Waals surface area contributed by atoms with Crippen LogP contribution in [0.1, 0.15) is 39.5 Å². The standard InChI is InChI=1S/C12H26O4/c1-3-5-7-15-10-11(14)12(9-13)16-8-6-4-2/h11-14H,3-10H2,1-2H3/t11-,12-/m1/s1. The van der Waals surface area contributed by atoms with Crippen LogP contribution in [-0.4, -0.2) is 48.8 Å². The van der Waals surface area contributed by atoms with Crippen LogP contribution in [0.3, 0.4) is 0 Å². The zero-order valence-corrected chi connectivity index (χ0v) is 10.5. The molecule has 0 saturated carbocycles. The second kappa shape index (κ2) is 11.3. The van der Waals surface area contributed by atoms with E-state index in [1.54, 1.807) is 0 Å². The van der Waals surface area contributed by atoms with Crippen LogP contribution in [0, 0.1) is 0 Å². The molecule has 0 spiro atoms. The van der Waals surface area contributed by atoms with Gasteiger partial charge in [0.05, 0.1) is 13.2 Å². The van der Waals surface area contributed by atoms with Crippen molar-refractivity contribution in [2.45, 2.75) is 51.7 Å². The number of hydrogen-bond donors (Lipinski definition) is 2. The monoisotopic (exact) mass is 234 g/mol. The molecule has 0 aromatic rings. The summed E-state index contributed by atoms with van der Waals surface area (Å²) < 4.78 is 10.7. The van der Waals surface area contributed by atoms with Crippen LogP contribution in [0.25, 0.3) is 0 Å². The zero-order valence-electron chi connectivity index (χ0n) is 10.5. The summed E-state index contributed by atoms with van der Waals surface area (Å²) in [4.78, 5) is 0. The summed E-state index contributed by atoms with van der Waals surface area (Å²) in [5.41, 5.74) is 0. The summed E-state index contributed by atoms with van der Waals surface area (Å²) in [7, 11) is 0. The van der Waals surface area contributed by atoms with E-state index in [1.165, 1.54) is 0 Å². The van der Waals surface area contributed by atoms with Crippen molar-refractivity contribution in [3.8, 4) is 0 Å². The van der Waals surface area contributed by atoms with Crippen LogP contribution in [0.4, 0.5) is 0 Å². The van der Waals surface area contributed by atoms with Crippen molar-refractivity contribution in [2.24, 2.45) is 0 Å². The van der Waals surface area contributed by atoms with Crippen LogP contribution in [0.5, 0.6) is 0 Å². The van der Waals surface area contributed by atoms with Gasteiger partial charge in [-0.05, 0) is 12.8 Å². The first-order chi connectivity index (χ1) is 7.76. The summed E-state index contributed by atoms with van der Waals surface area (Å²) in [6.07, 6.45) is 2.80. The SMILES string of the molecule is CCCCOC[C@@H](O)[C@@H](CO)OCCCC. The maximum Gasteiger partial charge on any atom is 0.109 e. The van der Waals surface area contributed by atoms with Crippen molar-refractivity contribution in [1.82, 2.24) is 0 Å². The molecule has 4 heteroatoms. The second-order valence-corrected chi connectivity index (χ2v) is 3.94. The molecule has 0 aliphatic carbocycles. The van der Waals surface area contributed by atoms with Crippen LogP contribution in [0.2, 0.25) is 0 Å². The minimum Gasteiger partial charge on any atom is -0.394 e. The molecule has 0 amide bonds. The van der Waals surface area contributed by atoms with Crippen molar-refractivity contribution in [2.75, 3.05) is 26.4 Å². The van der Waals surface area contributed by atoms with Gasteiger partial charge < -0.3 is 19.7 Å². The van der Waals surface area contributed by atoms with Gasteiger partial charge in [0, 0.05) is 13.2 Å². The molecule has 0 fully saturated rings. The summed E-state index contributed by atoms with van der Waals surface area (Å²) in [6.45, 7) is 5.46. The molecule has 0 saturated heterocycles. The molecular formula is C12H26O4. The number of hydrogen-bond acceptors (Lipinski definition) is 4. The first-order valence-corrected chi connectivity index (χ1v) is 6.24. The predicted molar refractivity (Wildman–Crippen MR) is 63.5 cm³/mol. The smallest absolute Gasteiger partial charge is 0.109 e. The Hall–Kier alpha value is -0.160. The van der Waals surface area contributed by atoms with Gasteiger partial charge in [-0.3, -0.25) is 0 Å². The third-order valence-electron chi connectivity index (χ3n) is 2.37. The predicted octanol–water partition coefficient (Wildman–Crippen LogP) is 1.34. The number of aliphatic hydroxyl groups excluding tert-OH is 2. The Kier molecular flexibility index (Phi) is 11.2. The van der Waals surface area contributed by atoms with Crippen molar-refractivity contribution in [3.63, 3.8) is 0 Å². The molecule has 4 nitrogen and oxygen atoms in total. The van der Waals surface area contributed by atoms with Crippen LogP contribution < -0.4 is 0 Å². The molecule has 0 unspecified atom stereocenters. The fourth-order valence-electron chi connectivity index (χ4n) is 1.22. The van der Waals surface area contributed by atoms with Crippen LogP contribution in [0.15, 0.2) is 0 Å². The molecule has 0 aromatic carbocycles. The van der Waals surface area contributed by atoms with Gasteiger partial charge in [0.25, 0.3) is 0 Å². The van der Waals surface area contributed by atoms with Crippen molar-refractivity contribution in [3.05, 3.63) is 0 Å². The molecule has 0 rings (SSSR count). The molecule has 0 aliphatic heterocycles. The largest absolute Gasteiger partial charge is 0.394 e. The number of rotatable bonds is 11. The number of unbranched alkanes of at least 4 members (excludes halogenated alkanes) is 2. The molecule has 0 radical (unpaired) electrons. The lowest BCUT2D eigenvalue weighted by Gasteiger charge is -2.21. The topological polar surface area (TPSA) is 58.9 Å². The molecular weight excluding hydrogens is 208 g/mol. The Balaban J connectivity index is 3.60. The molecule has 2 atom stereocenters. The highest BCUT2D eigenvalue weighted by Crippen LogP contribution is 2.02. The maximum absolute atomic E-state index is 9.70. The molecule has 0 bridgehead atoms. The second-order valence-electron chi connectivity index (χ2n) is 3.94. The van der Waals surface area contributed by atoms with E-state index in [4.69, 9.17) is 14.6 Å². The fourth-order valence-corrected chi connectivity index (χ4v) is 1.22. The Morgan fingerprint density at radius 3 is 2.25 bits per heavy atom. The molecule has 0 aromatic heterocycles. The highest BCUT2D eigenvalue weighted by molar-refractivity contribution is 4.67. The van der Waals surface area contributed by atoms with Crippen molar-refractivity contribution >= 4 is 0 Å². The minimum atomic E-state index is -0.737. The van der Waals surface area contributed by atoms with Gasteiger partial charge in [0.2, 0.25) is 0 Å². The van der Waals surface area contributed by atoms with Crippen LogP contribution >= 0.6 is 0 Å². The third-order valence-corrected chi connectivity index (χ3v) is 2.37. The lowest BCUT2D eigenvalue weighted by molar-refractivity contribution is -0.0911. The average molecular weight is 234 g/mol. The Bertz CT molecular complexity index is 141. The van der Waals surface area contributed by atoms with E-state index in [0.29, 0.717) is 13.2 Å². The van der Waals surface area contributed by atoms with E-state index < -0.39 is 12.2 Å². The maximum atomic E-state index is 9.70. The van der Waals surface area contributed by atoms with Gasteiger partial charge in [-0.25, -0.2) is 0 Å². The first kappa shape index (κ1) is 15.8. The van der Waals surface area contributed by atoms with Gasteiger partial charge in [-0.15, -0.1) is 0 Å². The summed E-state index contributed by atoms with van der Waals surface area (Å²) in [5.74, 6) is 0. The normalized spacial score (nSPS) is 15.0. The quantitative estimate of drug-likeness (QED) is 0.530. The van der Waals surface area contributed by atoms with E-state index in [9.17, 15) is 5.11 Å². The van der Waals surface area contributed by atoms with E-state index in [2.05, 4.69) is 13.8 Å². The summed E-state index contributed by atoms with van der Waals surface area (Å²) in [5, 5.41) is 18.8. The molecule has 0 aliphatic rings. The highest BCUT2D eigenvalue weighted by atomic mass is 16.5. The van der Waals surface area contributed by atoms with Crippen molar-refractivity contribution in [1.29, 1.82) is 0 Å². The van der Waals surface area contributed by atoms with Crippen LogP contribution in [-0.2, 0) is 9.47 Å². The van der Waals surface area contributed by atoms with Gasteiger partial charge in [0.1, 0.15) is 12.2 Å². The Labute approximate surface area is 98.6 Å². The third kappa shape index (κ3) is 8.05. The van der Waals surface area contributed by atoms with E-state index in [0.717, 1.165) is 25.7 Å². The Morgan fingerprint density at radius 2 is 1.69 bits per heavy atom. The minimum absolute atomic E-state index is 0.165. The van der Waals surface area contributed by atoms with Gasteiger partial charge in [0.15, 0.2) is 0 Å². The van der Waals surface area contributed by atoms with E-state index >= 15 is 0 Å². The average Bonchev–Trinajstić information content (AvgIpc) is 2.30. The highest BCUT2D eigenvalue weighted by Gasteiger charge is 2.18. The van der Waals surface area contributed by atoms with Gasteiger partial charge in [-0.1, -0.05) is 26.7 Å². The van der Waals surface area contributed by atoms with Crippen molar-refractivity contribution < 1.29 is 19.7 Å². The summed E-state index contributed by atoms with van der Waals surface area (Å²) >= 11 is 0.